The summed E-state index contributed by atoms with van der Waals surface area (Å²) in [6.07, 6.45) is 0.898. The third kappa shape index (κ3) is 2.82. The van der Waals surface area contributed by atoms with Crippen molar-refractivity contribution in [1.82, 2.24) is 10.2 Å². The van der Waals surface area contributed by atoms with Crippen LogP contribution < -0.4 is 5.32 Å². The minimum absolute atomic E-state index is 0.0917. The van der Waals surface area contributed by atoms with Gasteiger partial charge < -0.3 is 15.3 Å². The minimum atomic E-state index is -1.06. The average Bonchev–Trinajstić information content (AvgIpc) is 2.76. The van der Waals surface area contributed by atoms with Crippen LogP contribution in [0.3, 0.4) is 0 Å². The van der Waals surface area contributed by atoms with Gasteiger partial charge in [-0.2, -0.15) is 0 Å². The molecule has 1 atom stereocenters. The second-order valence-corrected chi connectivity index (χ2v) is 5.48. The molecule has 0 aromatic heterocycles. The van der Waals surface area contributed by atoms with Gasteiger partial charge in [-0.05, 0) is 45.0 Å². The molecular formula is C15H20N2O3. The van der Waals surface area contributed by atoms with E-state index in [0.29, 0.717) is 11.1 Å². The highest BCUT2D eigenvalue weighted by atomic mass is 16.4. The monoisotopic (exact) mass is 276 g/mol. The molecule has 1 aliphatic heterocycles. The Hall–Kier alpha value is -1.88. The lowest BCUT2D eigenvalue weighted by Crippen LogP contribution is -2.37. The van der Waals surface area contributed by atoms with Crippen LogP contribution in [0.25, 0.3) is 0 Å². The van der Waals surface area contributed by atoms with E-state index in [1.165, 1.54) is 0 Å². The van der Waals surface area contributed by atoms with Gasteiger partial charge in [0.25, 0.3) is 5.91 Å². The summed E-state index contributed by atoms with van der Waals surface area (Å²) in [6, 6.07) is 3.62. The summed E-state index contributed by atoms with van der Waals surface area (Å²) in [7, 11) is 2.01. The SMILES string of the molecule is Cc1ccc(C)c(C(=O)NC2CCN(C)C2)c1C(=O)O. The third-order valence-electron chi connectivity index (χ3n) is 3.79. The standard InChI is InChI=1S/C15H20N2O3/c1-9-4-5-10(2)13(15(19)20)12(9)14(18)16-11-6-7-17(3)8-11/h4-5,11H,6-8H2,1-3H3,(H,16,18)(H,19,20). The second kappa shape index (κ2) is 5.63. The zero-order valence-electron chi connectivity index (χ0n) is 12.1. The maximum atomic E-state index is 12.4. The van der Waals surface area contributed by atoms with Crippen LogP contribution in [0, 0.1) is 13.8 Å². The van der Waals surface area contributed by atoms with E-state index in [0.717, 1.165) is 19.5 Å². The number of hydrogen-bond acceptors (Lipinski definition) is 3. The van der Waals surface area contributed by atoms with Crippen molar-refractivity contribution in [3.63, 3.8) is 0 Å². The first kappa shape index (κ1) is 14.5. The molecule has 1 aliphatic rings. The first-order chi connectivity index (χ1) is 9.40. The molecule has 1 fully saturated rings. The summed E-state index contributed by atoms with van der Waals surface area (Å²) in [4.78, 5) is 26.0. The Labute approximate surface area is 118 Å². The maximum absolute atomic E-state index is 12.4. The number of benzene rings is 1. The Morgan fingerprint density at radius 3 is 2.35 bits per heavy atom. The van der Waals surface area contributed by atoms with E-state index in [4.69, 9.17) is 0 Å². The molecule has 1 heterocycles. The Morgan fingerprint density at radius 1 is 1.25 bits per heavy atom. The predicted octanol–water partition coefficient (Wildman–Crippen LogP) is 1.44. The summed E-state index contributed by atoms with van der Waals surface area (Å²) < 4.78 is 0. The summed E-state index contributed by atoms with van der Waals surface area (Å²) in [5, 5.41) is 12.3. The van der Waals surface area contributed by atoms with Gasteiger partial charge in [-0.1, -0.05) is 12.1 Å². The smallest absolute Gasteiger partial charge is 0.336 e. The molecule has 1 aromatic rings. The lowest BCUT2D eigenvalue weighted by Gasteiger charge is -2.16. The number of rotatable bonds is 3. The van der Waals surface area contributed by atoms with Crippen LogP contribution in [0.1, 0.15) is 38.3 Å². The van der Waals surface area contributed by atoms with E-state index in [1.807, 2.05) is 7.05 Å². The van der Waals surface area contributed by atoms with Crippen molar-refractivity contribution in [1.29, 1.82) is 0 Å². The minimum Gasteiger partial charge on any atom is -0.478 e. The summed E-state index contributed by atoms with van der Waals surface area (Å²) in [5.41, 5.74) is 1.69. The highest BCUT2D eigenvalue weighted by Crippen LogP contribution is 2.19. The molecular weight excluding hydrogens is 256 g/mol. The average molecular weight is 276 g/mol. The van der Waals surface area contributed by atoms with Crippen molar-refractivity contribution in [3.05, 3.63) is 34.4 Å². The van der Waals surface area contributed by atoms with Gasteiger partial charge >= 0.3 is 5.97 Å². The Balaban J connectivity index is 2.29. The van der Waals surface area contributed by atoms with Crippen molar-refractivity contribution in [2.24, 2.45) is 0 Å². The summed E-state index contributed by atoms with van der Waals surface area (Å²) in [6.45, 7) is 5.23. The molecule has 0 aliphatic carbocycles. The number of amides is 1. The summed E-state index contributed by atoms with van der Waals surface area (Å²) in [5.74, 6) is -1.34. The molecule has 0 bridgehead atoms. The van der Waals surface area contributed by atoms with E-state index in [2.05, 4.69) is 10.2 Å². The molecule has 0 radical (unpaired) electrons. The van der Waals surface area contributed by atoms with Crippen molar-refractivity contribution in [2.45, 2.75) is 26.3 Å². The molecule has 2 N–H and O–H groups in total. The number of aryl methyl sites for hydroxylation is 2. The lowest BCUT2D eigenvalue weighted by molar-refractivity contribution is 0.0689. The second-order valence-electron chi connectivity index (χ2n) is 5.48. The number of carboxylic acid groups (broad SMARTS) is 1. The molecule has 5 nitrogen and oxygen atoms in total. The largest absolute Gasteiger partial charge is 0.478 e. The predicted molar refractivity (Wildman–Crippen MR) is 76.2 cm³/mol. The fourth-order valence-corrected chi connectivity index (χ4v) is 2.69. The van der Waals surface area contributed by atoms with E-state index in [9.17, 15) is 14.7 Å². The number of carbonyl (C=O) groups excluding carboxylic acids is 1. The molecule has 1 amide bonds. The van der Waals surface area contributed by atoms with E-state index in [1.54, 1.807) is 26.0 Å². The number of carboxylic acids is 1. The van der Waals surface area contributed by atoms with Gasteiger partial charge in [0, 0.05) is 12.6 Å². The van der Waals surface area contributed by atoms with Crippen LogP contribution >= 0.6 is 0 Å². The van der Waals surface area contributed by atoms with Crippen LogP contribution in [0.4, 0.5) is 0 Å². The number of likely N-dealkylation sites (tertiary alicyclic amines) is 1. The van der Waals surface area contributed by atoms with Gasteiger partial charge in [0.1, 0.15) is 0 Å². The highest BCUT2D eigenvalue weighted by Gasteiger charge is 2.25. The van der Waals surface area contributed by atoms with Crippen LogP contribution in [0.5, 0.6) is 0 Å². The number of hydrogen-bond donors (Lipinski definition) is 2. The van der Waals surface area contributed by atoms with Gasteiger partial charge in [-0.25, -0.2) is 4.79 Å². The van der Waals surface area contributed by atoms with E-state index < -0.39 is 5.97 Å². The van der Waals surface area contributed by atoms with Crippen molar-refractivity contribution in [2.75, 3.05) is 20.1 Å². The first-order valence-electron chi connectivity index (χ1n) is 6.73. The van der Waals surface area contributed by atoms with Gasteiger partial charge in [0.15, 0.2) is 0 Å². The fourth-order valence-electron chi connectivity index (χ4n) is 2.69. The number of likely N-dealkylation sites (N-methyl/N-ethyl adjacent to an activating group) is 1. The van der Waals surface area contributed by atoms with Crippen LogP contribution in [-0.4, -0.2) is 48.1 Å². The Bertz CT molecular complexity index is 554. The topological polar surface area (TPSA) is 69.6 Å². The Morgan fingerprint density at radius 2 is 1.85 bits per heavy atom. The highest BCUT2D eigenvalue weighted by molar-refractivity contribution is 6.06. The lowest BCUT2D eigenvalue weighted by atomic mass is 9.96. The quantitative estimate of drug-likeness (QED) is 0.876. The number of aromatic carboxylic acids is 1. The van der Waals surface area contributed by atoms with Crippen LogP contribution in [-0.2, 0) is 0 Å². The normalized spacial score (nSPS) is 19.1. The van der Waals surface area contributed by atoms with Gasteiger partial charge in [-0.15, -0.1) is 0 Å². The molecule has 0 saturated carbocycles. The number of nitrogens with zero attached hydrogens (tertiary/aromatic N) is 1. The van der Waals surface area contributed by atoms with Crippen molar-refractivity contribution >= 4 is 11.9 Å². The maximum Gasteiger partial charge on any atom is 0.336 e. The van der Waals surface area contributed by atoms with E-state index in [-0.39, 0.29) is 23.1 Å². The van der Waals surface area contributed by atoms with Gasteiger partial charge in [0.2, 0.25) is 0 Å². The number of nitrogens with one attached hydrogen (secondary N) is 1. The molecule has 108 valence electrons. The van der Waals surface area contributed by atoms with Crippen LogP contribution in [0.15, 0.2) is 12.1 Å². The zero-order chi connectivity index (χ0) is 14.9. The van der Waals surface area contributed by atoms with Crippen molar-refractivity contribution < 1.29 is 14.7 Å². The fraction of sp³-hybridized carbons (Fsp3) is 0.467. The molecule has 5 heteroatoms. The molecule has 2 rings (SSSR count). The molecule has 1 unspecified atom stereocenters. The molecule has 0 spiro atoms. The summed E-state index contributed by atoms with van der Waals surface area (Å²) >= 11 is 0. The molecule has 1 aromatic carbocycles. The van der Waals surface area contributed by atoms with Gasteiger partial charge in [0.05, 0.1) is 11.1 Å². The third-order valence-corrected chi connectivity index (χ3v) is 3.79. The van der Waals surface area contributed by atoms with Gasteiger partial charge in [-0.3, -0.25) is 4.79 Å². The molecule has 1 saturated heterocycles. The van der Waals surface area contributed by atoms with Crippen LogP contribution in [0.2, 0.25) is 0 Å². The Kier molecular flexibility index (Phi) is 4.09. The first-order valence-corrected chi connectivity index (χ1v) is 6.73. The molecule has 20 heavy (non-hydrogen) atoms. The zero-order valence-corrected chi connectivity index (χ0v) is 12.1. The van der Waals surface area contributed by atoms with Crippen molar-refractivity contribution in [3.8, 4) is 0 Å². The number of carbonyl (C=O) groups is 2. The van der Waals surface area contributed by atoms with E-state index >= 15 is 0 Å².